The Kier molecular flexibility index (Phi) is 8.84. The van der Waals surface area contributed by atoms with Crippen LogP contribution in [0.4, 0.5) is 10.1 Å². The molecule has 234 valence electrons. The number of nitrogens with two attached hydrogens (primary N) is 1. The molecular weight excluding hydrogens is 593 g/mol. The van der Waals surface area contributed by atoms with Crippen LogP contribution in [-0.2, 0) is 27.8 Å². The van der Waals surface area contributed by atoms with E-state index in [9.17, 15) is 13.2 Å². The minimum Gasteiger partial charge on any atom is -0.461 e. The molecule has 3 aromatic carbocycles. The lowest BCUT2D eigenvalue weighted by atomic mass is 9.98. The second kappa shape index (κ2) is 13.0. The molecule has 1 aliphatic rings. The van der Waals surface area contributed by atoms with Crippen LogP contribution in [0.25, 0.3) is 21.8 Å². The van der Waals surface area contributed by atoms with Gasteiger partial charge in [-0.2, -0.15) is 0 Å². The molecule has 0 saturated carbocycles. The minimum absolute atomic E-state index is 0.0370. The van der Waals surface area contributed by atoms with E-state index in [1.807, 2.05) is 36.4 Å². The monoisotopic (exact) mass is 629 g/mol. The molecule has 5 aromatic rings. The van der Waals surface area contributed by atoms with Gasteiger partial charge < -0.3 is 19.9 Å². The topological polar surface area (TPSA) is 120 Å². The fraction of sp³-hybridized carbons (Fsp3) is 0.294. The molecule has 1 atom stereocenters. The summed E-state index contributed by atoms with van der Waals surface area (Å²) in [6.07, 6.45) is 1.93. The minimum atomic E-state index is -4.43. The Labute approximate surface area is 261 Å². The number of ether oxygens (including phenoxy) is 1. The van der Waals surface area contributed by atoms with Crippen molar-refractivity contribution in [3.05, 3.63) is 107 Å². The first kappa shape index (κ1) is 30.7. The maximum absolute atomic E-state index is 15.2. The number of hydrogen-bond acceptors (Lipinski definition) is 7. The van der Waals surface area contributed by atoms with Crippen LogP contribution in [0.1, 0.15) is 45.7 Å². The summed E-state index contributed by atoms with van der Waals surface area (Å²) < 4.78 is 51.5. The van der Waals surface area contributed by atoms with Crippen molar-refractivity contribution in [1.29, 1.82) is 0 Å². The van der Waals surface area contributed by atoms with E-state index in [2.05, 4.69) is 16.7 Å². The van der Waals surface area contributed by atoms with Gasteiger partial charge in [-0.3, -0.25) is 4.72 Å². The van der Waals surface area contributed by atoms with Crippen molar-refractivity contribution in [1.82, 2.24) is 14.5 Å². The molecule has 0 aliphatic carbocycles. The van der Waals surface area contributed by atoms with Crippen LogP contribution in [0, 0.1) is 5.92 Å². The number of aromatic nitrogens is 2. The molecule has 0 spiro atoms. The van der Waals surface area contributed by atoms with Crippen molar-refractivity contribution < 1.29 is 22.3 Å². The van der Waals surface area contributed by atoms with E-state index in [4.69, 9.17) is 15.5 Å². The summed E-state index contributed by atoms with van der Waals surface area (Å²) in [5.41, 5.74) is 6.17. The normalized spacial score (nSPS) is 15.4. The van der Waals surface area contributed by atoms with Gasteiger partial charge in [0.1, 0.15) is 11.3 Å². The number of rotatable bonds is 10. The smallest absolute Gasteiger partial charge is 0.355 e. The molecule has 1 aliphatic heterocycles. The molecule has 6 rings (SSSR count). The van der Waals surface area contributed by atoms with E-state index >= 15 is 4.39 Å². The van der Waals surface area contributed by atoms with Gasteiger partial charge in [0.2, 0.25) is 5.50 Å². The third kappa shape index (κ3) is 6.70. The van der Waals surface area contributed by atoms with Crippen LogP contribution >= 0.6 is 0 Å². The Morgan fingerprint density at radius 3 is 2.51 bits per heavy atom. The summed E-state index contributed by atoms with van der Waals surface area (Å²) >= 11 is 0. The van der Waals surface area contributed by atoms with Crippen LogP contribution in [0.3, 0.4) is 0 Å². The maximum Gasteiger partial charge on any atom is 0.355 e. The molecule has 11 heteroatoms. The van der Waals surface area contributed by atoms with Crippen LogP contribution in [0.2, 0.25) is 0 Å². The molecular formula is C34H36FN5O4S. The number of benzene rings is 3. The summed E-state index contributed by atoms with van der Waals surface area (Å²) in [4.78, 5) is 20.6. The fourth-order valence-corrected chi connectivity index (χ4v) is 6.92. The lowest BCUT2D eigenvalue weighted by Gasteiger charge is -2.28. The number of piperidine rings is 1. The lowest BCUT2D eigenvalue weighted by molar-refractivity contribution is 0.0373. The molecule has 45 heavy (non-hydrogen) atoms. The highest BCUT2D eigenvalue weighted by molar-refractivity contribution is 7.92. The molecule has 9 nitrogen and oxygen atoms in total. The number of hydrogen-bond donors (Lipinski definition) is 2. The number of likely N-dealkylation sites (tertiary alicyclic amines) is 1. The average molecular weight is 630 g/mol. The van der Waals surface area contributed by atoms with E-state index in [-0.39, 0.29) is 24.3 Å². The average Bonchev–Trinajstić information content (AvgIpc) is 3.41. The molecule has 1 saturated heterocycles. The Bertz CT molecular complexity index is 1940. The van der Waals surface area contributed by atoms with Gasteiger partial charge in [-0.05, 0) is 85.6 Å². The second-order valence-electron chi connectivity index (χ2n) is 11.6. The zero-order chi connectivity index (χ0) is 31.6. The van der Waals surface area contributed by atoms with Crippen LogP contribution < -0.4 is 10.5 Å². The van der Waals surface area contributed by atoms with Crippen LogP contribution in [0.5, 0.6) is 0 Å². The number of anilines is 1. The number of esters is 1. The van der Waals surface area contributed by atoms with Crippen molar-refractivity contribution in [3.63, 3.8) is 0 Å². The Balaban J connectivity index is 1.36. The molecule has 0 bridgehead atoms. The van der Waals surface area contributed by atoms with Crippen molar-refractivity contribution >= 4 is 43.5 Å². The summed E-state index contributed by atoms with van der Waals surface area (Å²) in [6, 6.07) is 24.1. The van der Waals surface area contributed by atoms with Gasteiger partial charge in [-0.15, -0.1) is 0 Å². The Morgan fingerprint density at radius 1 is 1.02 bits per heavy atom. The fourth-order valence-electron chi connectivity index (χ4n) is 5.86. The Morgan fingerprint density at radius 2 is 1.76 bits per heavy atom. The first-order chi connectivity index (χ1) is 21.7. The van der Waals surface area contributed by atoms with E-state index in [0.29, 0.717) is 35.1 Å². The quantitative estimate of drug-likeness (QED) is 0.193. The first-order valence-electron chi connectivity index (χ1n) is 15.0. The number of pyridine rings is 1. The van der Waals surface area contributed by atoms with E-state index in [0.717, 1.165) is 42.1 Å². The van der Waals surface area contributed by atoms with E-state index in [1.165, 1.54) is 12.1 Å². The third-order valence-electron chi connectivity index (χ3n) is 8.38. The van der Waals surface area contributed by atoms with Gasteiger partial charge in [0.05, 0.1) is 18.8 Å². The van der Waals surface area contributed by atoms with Gasteiger partial charge in [0.15, 0.2) is 0 Å². The maximum atomic E-state index is 15.2. The highest BCUT2D eigenvalue weighted by Gasteiger charge is 2.27. The predicted molar refractivity (Wildman–Crippen MR) is 174 cm³/mol. The zero-order valence-corrected chi connectivity index (χ0v) is 25.8. The highest BCUT2D eigenvalue weighted by Crippen LogP contribution is 2.31. The van der Waals surface area contributed by atoms with Gasteiger partial charge in [0, 0.05) is 23.2 Å². The van der Waals surface area contributed by atoms with Crippen molar-refractivity contribution in [2.45, 2.75) is 31.4 Å². The van der Waals surface area contributed by atoms with E-state index in [1.54, 1.807) is 41.0 Å². The number of fused-ring (bicyclic) bond motifs is 2. The highest BCUT2D eigenvalue weighted by atomic mass is 32.2. The van der Waals surface area contributed by atoms with Gasteiger partial charge in [0.25, 0.3) is 10.0 Å². The number of halogens is 1. The first-order valence-corrected chi connectivity index (χ1v) is 16.5. The van der Waals surface area contributed by atoms with Gasteiger partial charge >= 0.3 is 5.97 Å². The van der Waals surface area contributed by atoms with Crippen LogP contribution in [-0.4, -0.2) is 55.6 Å². The van der Waals surface area contributed by atoms with Gasteiger partial charge in [-0.25, -0.2) is 22.6 Å². The molecule has 1 unspecified atom stereocenters. The van der Waals surface area contributed by atoms with Crippen molar-refractivity contribution in [2.24, 2.45) is 11.7 Å². The van der Waals surface area contributed by atoms with Gasteiger partial charge in [-0.1, -0.05) is 54.6 Å². The van der Waals surface area contributed by atoms with Crippen molar-refractivity contribution in [3.8, 4) is 0 Å². The summed E-state index contributed by atoms with van der Waals surface area (Å²) in [7, 11) is -2.34. The number of nitrogens with one attached hydrogen (secondary N) is 1. The number of alkyl halides is 1. The predicted octanol–water partition coefficient (Wildman–Crippen LogP) is 5.61. The zero-order valence-electron chi connectivity index (χ0n) is 25.0. The molecule has 2 aromatic heterocycles. The third-order valence-corrected chi connectivity index (χ3v) is 9.72. The Hall–Kier alpha value is -4.32. The number of sulfonamides is 1. The van der Waals surface area contributed by atoms with Crippen molar-refractivity contribution in [2.75, 3.05) is 31.5 Å². The molecule has 1 fully saturated rings. The summed E-state index contributed by atoms with van der Waals surface area (Å²) in [5.74, 6) is -0.153. The molecule has 3 N–H and O–H groups in total. The molecule has 0 amide bonds. The molecule has 3 heterocycles. The SMILES string of the molecule is CN1CCC(COC(=O)c2cc3ccc(CN)nc3n2Cc2cc(NS(=O)(=O)C(F)c3ccccc3)cc3ccccc23)CC1. The lowest BCUT2D eigenvalue weighted by Crippen LogP contribution is -2.32. The summed E-state index contributed by atoms with van der Waals surface area (Å²) in [6.45, 7) is 2.67. The number of carbonyl (C=O) groups excluding carboxylic acids is 1. The number of nitrogens with zero attached hydrogens (tertiary/aromatic N) is 3. The largest absolute Gasteiger partial charge is 0.461 e. The molecule has 0 radical (unpaired) electrons. The van der Waals surface area contributed by atoms with Crippen LogP contribution in [0.15, 0.2) is 84.9 Å². The van der Waals surface area contributed by atoms with E-state index < -0.39 is 21.5 Å². The standard InChI is InChI=1S/C34H36FN5O4S/c1-39-15-13-23(14-16-39)22-44-34(41)31-19-26-11-12-28(20-36)37-33(26)40(31)21-27-18-29(17-25-9-5-6-10-30(25)27)38-45(42,43)32(35)24-7-3-2-4-8-24/h2-12,17-19,23,32,38H,13-16,20-22,36H2,1H3. The summed E-state index contributed by atoms with van der Waals surface area (Å²) in [5, 5.41) is 2.35. The second-order valence-corrected chi connectivity index (χ2v) is 13.3. The number of carbonyl (C=O) groups is 1.